The summed E-state index contributed by atoms with van der Waals surface area (Å²) in [6, 6.07) is -0.586. The molecule has 0 radical (unpaired) electrons. The Hall–Kier alpha value is -1.64. The summed E-state index contributed by atoms with van der Waals surface area (Å²) in [5.74, 6) is 0.250. The van der Waals surface area contributed by atoms with Crippen LogP contribution < -0.4 is 10.8 Å². The Morgan fingerprint density at radius 3 is 2.48 bits per heavy atom. The highest BCUT2D eigenvalue weighted by Crippen LogP contribution is 2.09. The van der Waals surface area contributed by atoms with Gasteiger partial charge in [-0.15, -0.1) is 6.58 Å². The summed E-state index contributed by atoms with van der Waals surface area (Å²) in [6.45, 7) is 12.3. The molecule has 1 heterocycles. The number of hydroxylamine groups is 1. The zero-order chi connectivity index (χ0) is 17.2. The summed E-state index contributed by atoms with van der Waals surface area (Å²) in [5.41, 5.74) is 2.35. The summed E-state index contributed by atoms with van der Waals surface area (Å²) in [4.78, 5) is 32.3. The van der Waals surface area contributed by atoms with Crippen LogP contribution in [0.15, 0.2) is 12.7 Å². The van der Waals surface area contributed by atoms with Crippen LogP contribution in [0.5, 0.6) is 0 Å². The fourth-order valence-corrected chi connectivity index (χ4v) is 2.59. The van der Waals surface area contributed by atoms with Gasteiger partial charge in [-0.3, -0.25) is 14.5 Å². The van der Waals surface area contributed by atoms with Crippen LogP contribution in [-0.2, 0) is 9.63 Å². The maximum Gasteiger partial charge on any atom is 0.404 e. The second-order valence-corrected chi connectivity index (χ2v) is 6.00. The Balaban J connectivity index is 2.56. The van der Waals surface area contributed by atoms with Crippen molar-refractivity contribution in [3.8, 4) is 0 Å². The van der Waals surface area contributed by atoms with Crippen molar-refractivity contribution in [1.82, 2.24) is 20.6 Å². The molecule has 0 aromatic carbocycles. The van der Waals surface area contributed by atoms with E-state index < -0.39 is 12.1 Å². The minimum atomic E-state index is -1.15. The molecule has 1 aliphatic rings. The number of nitrogens with one attached hydrogen (secondary N) is 2. The van der Waals surface area contributed by atoms with E-state index >= 15 is 0 Å². The number of hydrogen-bond donors (Lipinski definition) is 3. The highest BCUT2D eigenvalue weighted by Gasteiger charge is 2.29. The molecule has 0 spiro atoms. The van der Waals surface area contributed by atoms with Crippen LogP contribution >= 0.6 is 0 Å². The first-order valence-electron chi connectivity index (χ1n) is 7.89. The maximum absolute atomic E-state index is 12.2. The third-order valence-corrected chi connectivity index (χ3v) is 3.59. The van der Waals surface area contributed by atoms with E-state index in [1.807, 2.05) is 4.90 Å². The van der Waals surface area contributed by atoms with E-state index in [1.165, 1.54) is 6.08 Å². The number of rotatable bonds is 9. The average Bonchev–Trinajstić information content (AvgIpc) is 2.48. The predicted octanol–water partition coefficient (Wildman–Crippen LogP) is 0.130. The molecular weight excluding hydrogens is 300 g/mol. The zero-order valence-electron chi connectivity index (χ0n) is 14.0. The molecule has 0 bridgehead atoms. The Morgan fingerprint density at radius 2 is 1.96 bits per heavy atom. The smallest absolute Gasteiger partial charge is 0.404 e. The number of piperazine rings is 1. The van der Waals surface area contributed by atoms with Gasteiger partial charge in [-0.2, -0.15) is 0 Å². The lowest BCUT2D eigenvalue weighted by Crippen LogP contribution is -2.58. The van der Waals surface area contributed by atoms with Gasteiger partial charge in [0.25, 0.3) is 5.91 Å². The van der Waals surface area contributed by atoms with Crippen molar-refractivity contribution in [3.05, 3.63) is 12.7 Å². The van der Waals surface area contributed by atoms with Crippen LogP contribution in [0, 0.1) is 5.92 Å². The lowest BCUT2D eigenvalue weighted by molar-refractivity contribution is -0.138. The maximum atomic E-state index is 12.2. The Kier molecular flexibility index (Phi) is 8.60. The molecule has 23 heavy (non-hydrogen) atoms. The molecular formula is C15H28N4O4. The van der Waals surface area contributed by atoms with Gasteiger partial charge in [0.1, 0.15) is 6.04 Å². The van der Waals surface area contributed by atoms with Crippen LogP contribution in [-0.4, -0.2) is 78.8 Å². The minimum absolute atomic E-state index is 0.0306. The molecule has 2 amide bonds. The van der Waals surface area contributed by atoms with Gasteiger partial charge in [0.05, 0.1) is 6.61 Å². The van der Waals surface area contributed by atoms with Crippen molar-refractivity contribution < 1.29 is 19.5 Å². The molecule has 8 nitrogen and oxygen atoms in total. The molecule has 0 aliphatic carbocycles. The first kappa shape index (κ1) is 19.4. The number of carbonyl (C=O) groups is 2. The Labute approximate surface area is 137 Å². The first-order valence-corrected chi connectivity index (χ1v) is 7.89. The third kappa shape index (κ3) is 7.45. The molecule has 1 fully saturated rings. The molecule has 3 N–H and O–H groups in total. The lowest BCUT2D eigenvalue weighted by Gasteiger charge is -2.39. The molecule has 1 atom stereocenters. The van der Waals surface area contributed by atoms with Crippen molar-refractivity contribution in [2.24, 2.45) is 5.92 Å². The number of hydrogen-bond acceptors (Lipinski definition) is 5. The van der Waals surface area contributed by atoms with Crippen LogP contribution in [0.25, 0.3) is 0 Å². The normalized spacial score (nSPS) is 17.7. The molecule has 1 aliphatic heterocycles. The largest absolute Gasteiger partial charge is 0.465 e. The van der Waals surface area contributed by atoms with Crippen molar-refractivity contribution in [3.63, 3.8) is 0 Å². The average molecular weight is 328 g/mol. The fraction of sp³-hybridized carbons (Fsp3) is 0.733. The van der Waals surface area contributed by atoms with Crippen LogP contribution in [0.1, 0.15) is 13.8 Å². The topological polar surface area (TPSA) is 94.1 Å². The molecule has 132 valence electrons. The van der Waals surface area contributed by atoms with Crippen LogP contribution in [0.3, 0.4) is 0 Å². The number of carboxylic acid groups (broad SMARTS) is 1. The van der Waals surface area contributed by atoms with Gasteiger partial charge < -0.3 is 15.3 Å². The van der Waals surface area contributed by atoms with Gasteiger partial charge in [-0.1, -0.05) is 19.9 Å². The molecule has 0 aromatic heterocycles. The Morgan fingerprint density at radius 1 is 1.30 bits per heavy atom. The Bertz CT molecular complexity index is 395. The monoisotopic (exact) mass is 328 g/mol. The van der Waals surface area contributed by atoms with E-state index in [9.17, 15) is 9.59 Å². The summed E-state index contributed by atoms with van der Waals surface area (Å²) in [5, 5.41) is 11.1. The first-order chi connectivity index (χ1) is 10.9. The van der Waals surface area contributed by atoms with E-state index in [1.54, 1.807) is 0 Å². The predicted molar refractivity (Wildman–Crippen MR) is 87.0 cm³/mol. The number of carbonyl (C=O) groups excluding carboxylic acids is 1. The van der Waals surface area contributed by atoms with Gasteiger partial charge >= 0.3 is 6.09 Å². The zero-order valence-corrected chi connectivity index (χ0v) is 14.0. The van der Waals surface area contributed by atoms with Crippen LogP contribution in [0.2, 0.25) is 0 Å². The van der Waals surface area contributed by atoms with Crippen molar-refractivity contribution in [2.75, 3.05) is 45.9 Å². The highest BCUT2D eigenvalue weighted by atomic mass is 16.6. The second-order valence-electron chi connectivity index (χ2n) is 6.00. The van der Waals surface area contributed by atoms with Crippen LogP contribution in [0.4, 0.5) is 4.79 Å². The highest BCUT2D eigenvalue weighted by molar-refractivity contribution is 5.81. The molecule has 0 saturated carbocycles. The van der Waals surface area contributed by atoms with Gasteiger partial charge in [-0.25, -0.2) is 10.3 Å². The summed E-state index contributed by atoms with van der Waals surface area (Å²) >= 11 is 0. The van der Waals surface area contributed by atoms with E-state index in [0.717, 1.165) is 19.6 Å². The molecule has 0 unspecified atom stereocenters. The van der Waals surface area contributed by atoms with Gasteiger partial charge in [0.2, 0.25) is 0 Å². The second kappa shape index (κ2) is 10.2. The number of nitrogens with zero attached hydrogens (tertiary/aromatic N) is 2. The summed E-state index contributed by atoms with van der Waals surface area (Å²) in [6.07, 6.45) is 0.378. The lowest BCUT2D eigenvalue weighted by atomic mass is 10.1. The van der Waals surface area contributed by atoms with Crippen molar-refractivity contribution in [2.45, 2.75) is 19.9 Å². The van der Waals surface area contributed by atoms with Gasteiger partial charge in [-0.05, 0) is 5.92 Å². The van der Waals surface area contributed by atoms with E-state index in [0.29, 0.717) is 19.0 Å². The van der Waals surface area contributed by atoms with E-state index in [2.05, 4.69) is 36.1 Å². The molecule has 1 saturated heterocycles. The SMILES string of the molecule is C=CCONC(=O)[C@H](CNC(=O)O)N1CCN(CC(C)C)CC1. The summed E-state index contributed by atoms with van der Waals surface area (Å²) in [7, 11) is 0. The quantitative estimate of drug-likeness (QED) is 0.316. The molecule has 8 heteroatoms. The standard InChI is InChI=1S/C15H28N4O4/c1-4-9-23-17-14(20)13(10-16-15(21)22)19-7-5-18(6-8-19)11-12(2)3/h4,12-13,16H,1,5-11H2,2-3H3,(H,17,20)(H,21,22)/t13-/m0/s1. The van der Waals surface area contributed by atoms with Crippen molar-refractivity contribution in [1.29, 1.82) is 0 Å². The summed E-state index contributed by atoms with van der Waals surface area (Å²) < 4.78 is 0. The minimum Gasteiger partial charge on any atom is -0.465 e. The van der Waals surface area contributed by atoms with Gasteiger partial charge in [0, 0.05) is 39.3 Å². The van der Waals surface area contributed by atoms with E-state index in [-0.39, 0.29) is 19.1 Å². The molecule has 0 aromatic rings. The molecule has 1 rings (SSSR count). The van der Waals surface area contributed by atoms with E-state index in [4.69, 9.17) is 9.94 Å². The van der Waals surface area contributed by atoms with Crippen molar-refractivity contribution >= 4 is 12.0 Å². The number of amides is 2. The third-order valence-electron chi connectivity index (χ3n) is 3.59. The van der Waals surface area contributed by atoms with Gasteiger partial charge in [0.15, 0.2) is 0 Å². The fourth-order valence-electron chi connectivity index (χ4n) is 2.59.